The first-order valence-electron chi connectivity index (χ1n) is 7.50. The molecule has 1 fully saturated rings. The molecule has 1 amide bonds. The van der Waals surface area contributed by atoms with Crippen molar-refractivity contribution < 1.29 is 4.79 Å². The van der Waals surface area contributed by atoms with Gasteiger partial charge in [0.25, 0.3) is 0 Å². The number of amides is 1. The van der Waals surface area contributed by atoms with E-state index in [0.29, 0.717) is 6.04 Å². The lowest BCUT2D eigenvalue weighted by atomic mass is 10.1. The van der Waals surface area contributed by atoms with E-state index < -0.39 is 0 Å². The van der Waals surface area contributed by atoms with E-state index >= 15 is 0 Å². The lowest BCUT2D eigenvalue weighted by Crippen LogP contribution is -2.53. The zero-order valence-electron chi connectivity index (χ0n) is 13.2. The molecule has 5 nitrogen and oxygen atoms in total. The van der Waals surface area contributed by atoms with Crippen molar-refractivity contribution in [3.05, 3.63) is 29.8 Å². The average Bonchev–Trinajstić information content (AvgIpc) is 2.44. The zero-order chi connectivity index (χ0) is 15.2. The van der Waals surface area contributed by atoms with Gasteiger partial charge >= 0.3 is 0 Å². The second kappa shape index (κ2) is 7.54. The van der Waals surface area contributed by atoms with Crippen LogP contribution in [0.15, 0.2) is 24.3 Å². The molecule has 2 N–H and O–H groups in total. The fraction of sp³-hybridized carbons (Fsp3) is 0.562. The number of carbonyl (C=O) groups excluding carboxylic acids is 1. The number of piperazine rings is 1. The fourth-order valence-corrected chi connectivity index (χ4v) is 2.61. The number of nitrogens with one attached hydrogen (secondary N) is 2. The van der Waals surface area contributed by atoms with Crippen molar-refractivity contribution in [1.82, 2.24) is 15.1 Å². The molecule has 0 bridgehead atoms. The van der Waals surface area contributed by atoms with Gasteiger partial charge in [0.2, 0.25) is 5.91 Å². The second-order valence-corrected chi connectivity index (χ2v) is 5.91. The number of carbonyl (C=O) groups is 1. The van der Waals surface area contributed by atoms with Crippen LogP contribution >= 0.6 is 0 Å². The van der Waals surface area contributed by atoms with Gasteiger partial charge in [0.05, 0.1) is 0 Å². The van der Waals surface area contributed by atoms with Crippen LogP contribution in [0.25, 0.3) is 0 Å². The number of anilines is 1. The van der Waals surface area contributed by atoms with Gasteiger partial charge in [0.15, 0.2) is 0 Å². The summed E-state index contributed by atoms with van der Waals surface area (Å²) in [5.74, 6) is -0.0367. The Bertz CT molecular complexity index is 460. The molecule has 1 aromatic carbocycles. The highest BCUT2D eigenvalue weighted by Crippen LogP contribution is 2.10. The van der Waals surface area contributed by atoms with Gasteiger partial charge in [-0.25, -0.2) is 0 Å². The maximum atomic E-state index is 11.0. The van der Waals surface area contributed by atoms with Crippen molar-refractivity contribution in [3.8, 4) is 0 Å². The summed E-state index contributed by atoms with van der Waals surface area (Å²) in [5.41, 5.74) is 2.08. The first-order valence-corrected chi connectivity index (χ1v) is 7.50. The van der Waals surface area contributed by atoms with Crippen LogP contribution in [0.1, 0.15) is 12.5 Å². The molecule has 0 aliphatic carbocycles. The summed E-state index contributed by atoms with van der Waals surface area (Å²) in [4.78, 5) is 15.8. The van der Waals surface area contributed by atoms with Gasteiger partial charge in [0.1, 0.15) is 0 Å². The molecule has 2 rings (SSSR count). The van der Waals surface area contributed by atoms with Crippen molar-refractivity contribution in [2.75, 3.05) is 45.6 Å². The maximum Gasteiger partial charge on any atom is 0.221 e. The number of benzene rings is 1. The van der Waals surface area contributed by atoms with Gasteiger partial charge in [-0.05, 0) is 31.8 Å². The van der Waals surface area contributed by atoms with E-state index in [0.717, 1.165) is 38.4 Å². The summed E-state index contributed by atoms with van der Waals surface area (Å²) in [7, 11) is 4.38. The molecular formula is C16H26N4O. The van der Waals surface area contributed by atoms with Crippen molar-refractivity contribution in [1.29, 1.82) is 0 Å². The third-order valence-corrected chi connectivity index (χ3v) is 3.96. The lowest BCUT2D eigenvalue weighted by Gasteiger charge is -2.37. The molecule has 0 saturated carbocycles. The average molecular weight is 290 g/mol. The standard InChI is InChI=1S/C16H26N4O/c1-13(21)18-15-6-4-14(5-7-15)10-17-11-16-12-19(2)8-9-20(16)3/h4-7,16-17H,8-12H2,1-3H3,(H,18,21). The molecule has 0 spiro atoms. The largest absolute Gasteiger partial charge is 0.326 e. The van der Waals surface area contributed by atoms with Gasteiger partial charge in [-0.15, -0.1) is 0 Å². The molecular weight excluding hydrogens is 264 g/mol. The minimum absolute atomic E-state index is 0.0367. The molecule has 1 heterocycles. The van der Waals surface area contributed by atoms with Crippen LogP contribution in [0.5, 0.6) is 0 Å². The van der Waals surface area contributed by atoms with Crippen LogP contribution in [-0.4, -0.2) is 62.0 Å². The molecule has 1 aliphatic heterocycles. The summed E-state index contributed by atoms with van der Waals surface area (Å²) < 4.78 is 0. The highest BCUT2D eigenvalue weighted by Gasteiger charge is 2.21. The predicted molar refractivity (Wildman–Crippen MR) is 86.4 cm³/mol. The Hall–Kier alpha value is -1.43. The van der Waals surface area contributed by atoms with Crippen LogP contribution in [0.3, 0.4) is 0 Å². The van der Waals surface area contributed by atoms with E-state index in [1.807, 2.05) is 12.1 Å². The van der Waals surface area contributed by atoms with Crippen LogP contribution in [-0.2, 0) is 11.3 Å². The third kappa shape index (κ3) is 5.12. The van der Waals surface area contributed by atoms with Crippen LogP contribution in [0.2, 0.25) is 0 Å². The summed E-state index contributed by atoms with van der Waals surface area (Å²) in [6.45, 7) is 6.77. The molecule has 0 radical (unpaired) electrons. The third-order valence-electron chi connectivity index (χ3n) is 3.96. The maximum absolute atomic E-state index is 11.0. The number of nitrogens with zero attached hydrogens (tertiary/aromatic N) is 2. The van der Waals surface area contributed by atoms with E-state index in [1.165, 1.54) is 12.5 Å². The molecule has 1 unspecified atom stereocenters. The van der Waals surface area contributed by atoms with E-state index in [1.54, 1.807) is 0 Å². The Labute approximate surface area is 127 Å². The smallest absolute Gasteiger partial charge is 0.221 e. The minimum Gasteiger partial charge on any atom is -0.326 e. The molecule has 1 aliphatic rings. The first kappa shape index (κ1) is 15.9. The second-order valence-electron chi connectivity index (χ2n) is 5.91. The summed E-state index contributed by atoms with van der Waals surface area (Å²) in [6, 6.07) is 8.56. The van der Waals surface area contributed by atoms with E-state index in [2.05, 4.69) is 46.7 Å². The Balaban J connectivity index is 1.76. The normalized spacial score (nSPS) is 20.4. The summed E-state index contributed by atoms with van der Waals surface area (Å²) >= 11 is 0. The monoisotopic (exact) mass is 290 g/mol. The molecule has 21 heavy (non-hydrogen) atoms. The number of rotatable bonds is 5. The highest BCUT2D eigenvalue weighted by atomic mass is 16.1. The van der Waals surface area contributed by atoms with Gasteiger partial charge in [0, 0.05) is 51.4 Å². The Morgan fingerprint density at radius 3 is 2.62 bits per heavy atom. The molecule has 116 valence electrons. The fourth-order valence-electron chi connectivity index (χ4n) is 2.61. The predicted octanol–water partition coefficient (Wildman–Crippen LogP) is 0.980. The number of hydrogen-bond donors (Lipinski definition) is 2. The van der Waals surface area contributed by atoms with Crippen molar-refractivity contribution in [3.63, 3.8) is 0 Å². The van der Waals surface area contributed by atoms with Crippen LogP contribution in [0.4, 0.5) is 5.69 Å². The van der Waals surface area contributed by atoms with Crippen LogP contribution < -0.4 is 10.6 Å². The highest BCUT2D eigenvalue weighted by molar-refractivity contribution is 5.88. The van der Waals surface area contributed by atoms with Gasteiger partial charge in [-0.1, -0.05) is 12.1 Å². The molecule has 5 heteroatoms. The van der Waals surface area contributed by atoms with Gasteiger partial charge in [-0.2, -0.15) is 0 Å². The Morgan fingerprint density at radius 2 is 1.95 bits per heavy atom. The van der Waals surface area contributed by atoms with E-state index in [9.17, 15) is 4.79 Å². The quantitative estimate of drug-likeness (QED) is 0.849. The number of hydrogen-bond acceptors (Lipinski definition) is 4. The van der Waals surface area contributed by atoms with Crippen molar-refractivity contribution in [2.45, 2.75) is 19.5 Å². The van der Waals surface area contributed by atoms with Crippen LogP contribution in [0, 0.1) is 0 Å². The minimum atomic E-state index is -0.0367. The zero-order valence-corrected chi connectivity index (χ0v) is 13.2. The first-order chi connectivity index (χ1) is 10.0. The lowest BCUT2D eigenvalue weighted by molar-refractivity contribution is -0.114. The molecule has 1 saturated heterocycles. The molecule has 0 aromatic heterocycles. The van der Waals surface area contributed by atoms with E-state index in [4.69, 9.17) is 0 Å². The SMILES string of the molecule is CC(=O)Nc1ccc(CNCC2CN(C)CCN2C)cc1. The number of likely N-dealkylation sites (N-methyl/N-ethyl adjacent to an activating group) is 2. The topological polar surface area (TPSA) is 47.6 Å². The van der Waals surface area contributed by atoms with E-state index in [-0.39, 0.29) is 5.91 Å². The van der Waals surface area contributed by atoms with Crippen molar-refractivity contribution >= 4 is 11.6 Å². The summed E-state index contributed by atoms with van der Waals surface area (Å²) in [5, 5.41) is 6.31. The van der Waals surface area contributed by atoms with Gasteiger partial charge < -0.3 is 15.5 Å². The van der Waals surface area contributed by atoms with Crippen molar-refractivity contribution in [2.24, 2.45) is 0 Å². The summed E-state index contributed by atoms with van der Waals surface area (Å²) in [6.07, 6.45) is 0. The molecule has 1 atom stereocenters. The Kier molecular flexibility index (Phi) is 5.73. The van der Waals surface area contributed by atoms with Gasteiger partial charge in [-0.3, -0.25) is 9.69 Å². The Morgan fingerprint density at radius 1 is 1.24 bits per heavy atom. The molecule has 1 aromatic rings.